The average molecular weight is 292 g/mol. The molecule has 3 atom stereocenters. The molecule has 20 heavy (non-hydrogen) atoms. The van der Waals surface area contributed by atoms with Gasteiger partial charge in [0, 0.05) is 12.2 Å². The summed E-state index contributed by atoms with van der Waals surface area (Å²) in [4.78, 5) is 8.89. The molecule has 0 aromatic carbocycles. The smallest absolute Gasteiger partial charge is 0.128 e. The van der Waals surface area contributed by atoms with Crippen LogP contribution in [-0.4, -0.2) is 14.5 Å². The van der Waals surface area contributed by atoms with Crippen molar-refractivity contribution in [3.63, 3.8) is 0 Å². The second-order valence-electron chi connectivity index (χ2n) is 6.09. The van der Waals surface area contributed by atoms with Gasteiger partial charge in [0.05, 0.1) is 17.1 Å². The topological polar surface area (TPSA) is 30.7 Å². The van der Waals surface area contributed by atoms with E-state index in [0.29, 0.717) is 6.04 Å². The van der Waals surface area contributed by atoms with Gasteiger partial charge in [-0.15, -0.1) is 11.6 Å². The Bertz CT molecular complexity index is 590. The van der Waals surface area contributed by atoms with Crippen LogP contribution >= 0.6 is 11.6 Å². The molecular formula is C16H22ClN3. The zero-order chi connectivity index (χ0) is 14.1. The van der Waals surface area contributed by atoms with Gasteiger partial charge < -0.3 is 4.57 Å². The molecular weight excluding hydrogens is 270 g/mol. The zero-order valence-electron chi connectivity index (χ0n) is 12.2. The lowest BCUT2D eigenvalue weighted by atomic mass is 10.0. The fourth-order valence-electron chi connectivity index (χ4n) is 3.36. The zero-order valence-corrected chi connectivity index (χ0v) is 13.0. The molecule has 0 N–H and O–H groups in total. The number of imidazole rings is 1. The van der Waals surface area contributed by atoms with Crippen molar-refractivity contribution in [2.45, 2.75) is 57.4 Å². The summed E-state index contributed by atoms with van der Waals surface area (Å²) in [7, 11) is 0. The number of alkyl halides is 1. The first-order valence-corrected chi connectivity index (χ1v) is 8.06. The molecule has 2 aromatic heterocycles. The second-order valence-corrected chi connectivity index (χ2v) is 6.74. The molecule has 4 heteroatoms. The molecule has 0 spiro atoms. The number of rotatable bonds is 2. The molecule has 2 aromatic rings. The third kappa shape index (κ3) is 2.56. The van der Waals surface area contributed by atoms with Crippen molar-refractivity contribution in [3.05, 3.63) is 24.3 Å². The Kier molecular flexibility index (Phi) is 3.97. The second kappa shape index (κ2) is 5.72. The van der Waals surface area contributed by atoms with Crippen LogP contribution in [0.4, 0.5) is 0 Å². The van der Waals surface area contributed by atoms with Gasteiger partial charge in [-0.05, 0) is 38.2 Å². The third-order valence-electron chi connectivity index (χ3n) is 4.47. The van der Waals surface area contributed by atoms with Crippen LogP contribution in [0.5, 0.6) is 0 Å². The van der Waals surface area contributed by atoms with Crippen molar-refractivity contribution in [3.8, 4) is 0 Å². The van der Waals surface area contributed by atoms with Crippen LogP contribution in [0.1, 0.15) is 63.2 Å². The van der Waals surface area contributed by atoms with E-state index in [-0.39, 0.29) is 5.38 Å². The number of hydrogen-bond acceptors (Lipinski definition) is 2. The molecule has 0 saturated heterocycles. The number of hydrogen-bond donors (Lipinski definition) is 0. The predicted molar refractivity (Wildman–Crippen MR) is 83.1 cm³/mol. The molecule has 1 saturated carbocycles. The Morgan fingerprint density at radius 2 is 2.15 bits per heavy atom. The maximum atomic E-state index is 6.36. The Morgan fingerprint density at radius 3 is 2.95 bits per heavy atom. The van der Waals surface area contributed by atoms with Crippen molar-refractivity contribution in [1.82, 2.24) is 14.5 Å². The third-order valence-corrected chi connectivity index (χ3v) is 4.66. The molecule has 0 bridgehead atoms. The number of fused-ring (bicyclic) bond motifs is 1. The lowest BCUT2D eigenvalue weighted by molar-refractivity contribution is 0.430. The monoisotopic (exact) mass is 291 g/mol. The minimum atomic E-state index is -0.0666. The van der Waals surface area contributed by atoms with E-state index in [1.165, 1.54) is 37.6 Å². The summed E-state index contributed by atoms with van der Waals surface area (Å²) >= 11 is 6.36. The lowest BCUT2D eigenvalue weighted by Gasteiger charge is -2.21. The number of pyridine rings is 1. The van der Waals surface area contributed by atoms with Gasteiger partial charge in [-0.3, -0.25) is 4.98 Å². The van der Waals surface area contributed by atoms with Crippen LogP contribution in [0.15, 0.2) is 18.5 Å². The molecule has 1 fully saturated rings. The summed E-state index contributed by atoms with van der Waals surface area (Å²) in [5.41, 5.74) is 2.15. The minimum Gasteiger partial charge on any atom is -0.324 e. The van der Waals surface area contributed by atoms with E-state index in [9.17, 15) is 0 Å². The number of aromatic nitrogens is 3. The first-order chi connectivity index (χ1) is 9.66. The first kappa shape index (κ1) is 13.9. The van der Waals surface area contributed by atoms with Gasteiger partial charge in [-0.1, -0.05) is 19.8 Å². The van der Waals surface area contributed by atoms with Crippen LogP contribution in [0.3, 0.4) is 0 Å². The molecule has 1 aliphatic carbocycles. The summed E-state index contributed by atoms with van der Waals surface area (Å²) in [5, 5.41) is -0.0666. The van der Waals surface area contributed by atoms with E-state index in [4.69, 9.17) is 16.6 Å². The standard InChI is InChI=1S/C16H22ClN3/c1-11-4-3-5-13(7-6-11)20-15-8-9-18-10-14(15)19-16(20)12(2)17/h8-13H,3-7H2,1-2H3. The molecule has 0 radical (unpaired) electrons. The van der Waals surface area contributed by atoms with E-state index in [2.05, 4.69) is 22.5 Å². The predicted octanol–water partition coefficient (Wildman–Crippen LogP) is 4.87. The van der Waals surface area contributed by atoms with Crippen LogP contribution < -0.4 is 0 Å². The molecule has 3 nitrogen and oxygen atoms in total. The van der Waals surface area contributed by atoms with E-state index in [1.807, 2.05) is 19.3 Å². The van der Waals surface area contributed by atoms with Gasteiger partial charge in [0.15, 0.2) is 0 Å². The molecule has 0 amide bonds. The van der Waals surface area contributed by atoms with Gasteiger partial charge >= 0.3 is 0 Å². The summed E-state index contributed by atoms with van der Waals surface area (Å²) in [6.07, 6.45) is 10.1. The van der Waals surface area contributed by atoms with Crippen molar-refractivity contribution in [1.29, 1.82) is 0 Å². The van der Waals surface area contributed by atoms with Gasteiger partial charge in [0.25, 0.3) is 0 Å². The van der Waals surface area contributed by atoms with Crippen LogP contribution in [0.2, 0.25) is 0 Å². The van der Waals surface area contributed by atoms with Crippen molar-refractivity contribution in [2.24, 2.45) is 5.92 Å². The van der Waals surface area contributed by atoms with Gasteiger partial charge in [0.2, 0.25) is 0 Å². The van der Waals surface area contributed by atoms with Crippen LogP contribution in [0.25, 0.3) is 11.0 Å². The normalized spacial score (nSPS) is 25.6. The highest BCUT2D eigenvalue weighted by Crippen LogP contribution is 2.35. The molecule has 3 rings (SSSR count). The van der Waals surface area contributed by atoms with Gasteiger partial charge in [0.1, 0.15) is 11.3 Å². The fraction of sp³-hybridized carbons (Fsp3) is 0.625. The molecule has 1 aliphatic rings. The molecule has 0 aliphatic heterocycles. The molecule has 2 heterocycles. The van der Waals surface area contributed by atoms with E-state index < -0.39 is 0 Å². The minimum absolute atomic E-state index is 0.0666. The fourth-order valence-corrected chi connectivity index (χ4v) is 3.51. The van der Waals surface area contributed by atoms with E-state index in [1.54, 1.807) is 0 Å². The van der Waals surface area contributed by atoms with Gasteiger partial charge in [-0.25, -0.2) is 4.98 Å². The number of halogens is 1. The molecule has 108 valence electrons. The lowest BCUT2D eigenvalue weighted by Crippen LogP contribution is -2.12. The largest absolute Gasteiger partial charge is 0.324 e. The summed E-state index contributed by atoms with van der Waals surface area (Å²) in [5.74, 6) is 1.84. The average Bonchev–Trinajstić information content (AvgIpc) is 2.70. The van der Waals surface area contributed by atoms with Crippen LogP contribution in [0, 0.1) is 5.92 Å². The van der Waals surface area contributed by atoms with E-state index >= 15 is 0 Å². The Hall–Kier alpha value is -1.09. The van der Waals surface area contributed by atoms with Crippen LogP contribution in [-0.2, 0) is 0 Å². The molecule has 3 unspecified atom stereocenters. The maximum Gasteiger partial charge on any atom is 0.128 e. The Balaban J connectivity index is 2.06. The maximum absolute atomic E-state index is 6.36. The quantitative estimate of drug-likeness (QED) is 0.583. The van der Waals surface area contributed by atoms with Crippen molar-refractivity contribution in [2.75, 3.05) is 0 Å². The van der Waals surface area contributed by atoms with Gasteiger partial charge in [-0.2, -0.15) is 0 Å². The number of nitrogens with zero attached hydrogens (tertiary/aromatic N) is 3. The van der Waals surface area contributed by atoms with Crippen molar-refractivity contribution >= 4 is 22.6 Å². The summed E-state index contributed by atoms with van der Waals surface area (Å²) in [6, 6.07) is 2.60. The van der Waals surface area contributed by atoms with E-state index in [0.717, 1.165) is 17.3 Å². The highest BCUT2D eigenvalue weighted by molar-refractivity contribution is 6.20. The van der Waals surface area contributed by atoms with Crippen molar-refractivity contribution < 1.29 is 0 Å². The Morgan fingerprint density at radius 1 is 1.30 bits per heavy atom. The Labute approximate surface area is 125 Å². The SMILES string of the molecule is CC1CCCC(n2c(C(C)Cl)nc3cnccc32)CC1. The summed E-state index contributed by atoms with van der Waals surface area (Å²) < 4.78 is 2.38. The summed E-state index contributed by atoms with van der Waals surface area (Å²) in [6.45, 7) is 4.37. The highest BCUT2D eigenvalue weighted by Gasteiger charge is 2.24. The first-order valence-electron chi connectivity index (χ1n) is 7.62. The highest BCUT2D eigenvalue weighted by atomic mass is 35.5.